The number of carbonyl (C=O) groups is 1. The molecule has 2 aromatic rings. The molecule has 4 nitrogen and oxygen atoms in total. The molecule has 0 aliphatic heterocycles. The number of carbonyl (C=O) groups excluding carboxylic acids is 1. The Morgan fingerprint density at radius 1 is 1.28 bits per heavy atom. The fraction of sp³-hybridized carbons (Fsp3) is 0.0833. The maximum absolute atomic E-state index is 13.3. The molecule has 0 fully saturated rings. The van der Waals surface area contributed by atoms with Gasteiger partial charge in [-0.15, -0.1) is 0 Å². The number of urea groups is 1. The third-order valence-electron chi connectivity index (χ3n) is 2.21. The van der Waals surface area contributed by atoms with Crippen molar-refractivity contribution in [1.29, 1.82) is 0 Å². The van der Waals surface area contributed by atoms with E-state index in [0.717, 1.165) is 0 Å². The summed E-state index contributed by atoms with van der Waals surface area (Å²) in [7, 11) is 0. The zero-order chi connectivity index (χ0) is 13.0. The van der Waals surface area contributed by atoms with Gasteiger partial charge in [-0.1, -0.05) is 18.2 Å². The number of amides is 2. The van der Waals surface area contributed by atoms with Gasteiger partial charge in [0.25, 0.3) is 0 Å². The van der Waals surface area contributed by atoms with Gasteiger partial charge in [0.2, 0.25) is 5.88 Å². The fourth-order valence-electron chi connectivity index (χ4n) is 1.35. The highest BCUT2D eigenvalue weighted by atomic mass is 79.9. The third kappa shape index (κ3) is 3.33. The lowest BCUT2D eigenvalue weighted by molar-refractivity contribution is 0.251. The van der Waals surface area contributed by atoms with E-state index in [-0.39, 0.29) is 12.4 Å². The summed E-state index contributed by atoms with van der Waals surface area (Å²) in [5.41, 5.74) is 0.424. The molecule has 0 radical (unpaired) electrons. The lowest BCUT2D eigenvalue weighted by Gasteiger charge is -2.06. The molecule has 18 heavy (non-hydrogen) atoms. The highest BCUT2D eigenvalue weighted by Gasteiger charge is 2.06. The Morgan fingerprint density at radius 3 is 2.72 bits per heavy atom. The van der Waals surface area contributed by atoms with Crippen molar-refractivity contribution < 1.29 is 13.6 Å². The largest absolute Gasteiger partial charge is 0.434 e. The van der Waals surface area contributed by atoms with Gasteiger partial charge >= 0.3 is 6.03 Å². The van der Waals surface area contributed by atoms with Crippen LogP contribution in [0.15, 0.2) is 45.5 Å². The van der Waals surface area contributed by atoms with Gasteiger partial charge in [0.05, 0.1) is 0 Å². The second-order valence-corrected chi connectivity index (χ2v) is 4.28. The first kappa shape index (κ1) is 12.6. The maximum atomic E-state index is 13.3. The Morgan fingerprint density at radius 2 is 2.06 bits per heavy atom. The number of rotatable bonds is 3. The molecule has 0 aliphatic rings. The number of furan rings is 1. The van der Waals surface area contributed by atoms with Crippen LogP contribution in [0.3, 0.4) is 0 Å². The topological polar surface area (TPSA) is 54.3 Å². The molecule has 2 rings (SSSR count). The molecule has 1 aromatic carbocycles. The molecule has 2 N–H and O–H groups in total. The van der Waals surface area contributed by atoms with E-state index in [9.17, 15) is 9.18 Å². The zero-order valence-electron chi connectivity index (χ0n) is 9.24. The highest BCUT2D eigenvalue weighted by molar-refractivity contribution is 9.10. The van der Waals surface area contributed by atoms with Crippen molar-refractivity contribution in [3.05, 3.63) is 52.4 Å². The molecule has 0 saturated carbocycles. The van der Waals surface area contributed by atoms with Gasteiger partial charge in [0.15, 0.2) is 4.67 Å². The molecule has 1 aromatic heterocycles. The molecule has 2 amide bonds. The summed E-state index contributed by atoms with van der Waals surface area (Å²) in [5.74, 6) is -0.0357. The predicted octanol–water partition coefficient (Wildman–Crippen LogP) is 3.50. The summed E-state index contributed by atoms with van der Waals surface area (Å²) in [6.45, 7) is 0.111. The summed E-state index contributed by atoms with van der Waals surface area (Å²) >= 11 is 3.12. The zero-order valence-corrected chi connectivity index (χ0v) is 10.8. The van der Waals surface area contributed by atoms with Crippen LogP contribution in [0.4, 0.5) is 15.1 Å². The van der Waals surface area contributed by atoms with Crippen LogP contribution >= 0.6 is 15.9 Å². The van der Waals surface area contributed by atoms with E-state index < -0.39 is 6.03 Å². The van der Waals surface area contributed by atoms with Gasteiger partial charge in [-0.05, 0) is 28.1 Å². The smallest absolute Gasteiger partial charge is 0.321 e. The highest BCUT2D eigenvalue weighted by Crippen LogP contribution is 2.18. The molecule has 0 bridgehead atoms. The molecular weight excluding hydrogens is 303 g/mol. The van der Waals surface area contributed by atoms with Gasteiger partial charge in [-0.25, -0.2) is 9.18 Å². The summed E-state index contributed by atoms with van der Waals surface area (Å²) in [4.78, 5) is 11.5. The Labute approximate surface area is 111 Å². The molecule has 0 saturated heterocycles. The first-order chi connectivity index (χ1) is 8.65. The van der Waals surface area contributed by atoms with Gasteiger partial charge < -0.3 is 9.73 Å². The maximum Gasteiger partial charge on any atom is 0.321 e. The van der Waals surface area contributed by atoms with E-state index in [1.165, 1.54) is 6.07 Å². The monoisotopic (exact) mass is 312 g/mol. The Kier molecular flexibility index (Phi) is 3.99. The Balaban J connectivity index is 1.87. The first-order valence-corrected chi connectivity index (χ1v) is 5.98. The third-order valence-corrected chi connectivity index (χ3v) is 2.63. The first-order valence-electron chi connectivity index (χ1n) is 5.19. The van der Waals surface area contributed by atoms with Gasteiger partial charge in [0.1, 0.15) is 5.82 Å². The number of halogens is 2. The summed E-state index contributed by atoms with van der Waals surface area (Å²) in [6, 6.07) is 9.07. The van der Waals surface area contributed by atoms with Crippen LogP contribution in [-0.4, -0.2) is 6.03 Å². The molecular formula is C12H10BrFN2O2. The van der Waals surface area contributed by atoms with Crippen LogP contribution < -0.4 is 10.6 Å². The second-order valence-electron chi connectivity index (χ2n) is 3.50. The van der Waals surface area contributed by atoms with Crippen molar-refractivity contribution in [2.45, 2.75) is 6.54 Å². The lowest BCUT2D eigenvalue weighted by atomic mass is 10.2. The van der Waals surface area contributed by atoms with E-state index >= 15 is 0 Å². The minimum Gasteiger partial charge on any atom is -0.434 e. The van der Waals surface area contributed by atoms with Crippen LogP contribution in [0.2, 0.25) is 0 Å². The van der Waals surface area contributed by atoms with E-state index in [0.29, 0.717) is 16.1 Å². The van der Waals surface area contributed by atoms with Gasteiger partial charge in [-0.2, -0.15) is 0 Å². The van der Waals surface area contributed by atoms with Crippen LogP contribution in [-0.2, 0) is 6.54 Å². The van der Waals surface area contributed by atoms with Gasteiger partial charge in [-0.3, -0.25) is 5.32 Å². The molecule has 0 spiro atoms. The minimum atomic E-state index is -0.458. The average Bonchev–Trinajstić information content (AvgIpc) is 2.74. The molecule has 0 unspecified atom stereocenters. The van der Waals surface area contributed by atoms with Crippen LogP contribution in [0.25, 0.3) is 0 Å². The van der Waals surface area contributed by atoms with Crippen molar-refractivity contribution in [3.63, 3.8) is 0 Å². The number of benzene rings is 1. The van der Waals surface area contributed by atoms with Crippen LogP contribution in [0, 0.1) is 5.82 Å². The van der Waals surface area contributed by atoms with Crippen molar-refractivity contribution in [2.75, 3.05) is 5.32 Å². The Bertz CT molecular complexity index is 557. The van der Waals surface area contributed by atoms with E-state index in [1.807, 2.05) is 0 Å². The molecule has 1 heterocycles. The lowest BCUT2D eigenvalue weighted by Crippen LogP contribution is -2.28. The summed E-state index contributed by atoms with van der Waals surface area (Å²) in [5, 5.41) is 5.02. The van der Waals surface area contributed by atoms with Crippen LogP contribution in [0.1, 0.15) is 5.56 Å². The van der Waals surface area contributed by atoms with E-state index in [1.54, 1.807) is 30.3 Å². The standard InChI is InChI=1S/C12H10BrFN2O2/c13-10-5-6-11(18-10)16-12(17)15-7-8-3-1-2-4-9(8)14/h1-6H,7H2,(H2,15,16,17). The molecule has 6 heteroatoms. The second kappa shape index (κ2) is 5.68. The van der Waals surface area contributed by atoms with Crippen molar-refractivity contribution in [3.8, 4) is 0 Å². The SMILES string of the molecule is O=C(NCc1ccccc1F)Nc1ccc(Br)o1. The fourth-order valence-corrected chi connectivity index (χ4v) is 1.66. The van der Waals surface area contributed by atoms with Crippen LogP contribution in [0.5, 0.6) is 0 Å². The van der Waals surface area contributed by atoms with Crippen molar-refractivity contribution >= 4 is 27.8 Å². The van der Waals surface area contributed by atoms with Crippen molar-refractivity contribution in [1.82, 2.24) is 5.32 Å². The number of anilines is 1. The van der Waals surface area contributed by atoms with E-state index in [2.05, 4.69) is 26.6 Å². The molecule has 0 atom stereocenters. The summed E-state index contributed by atoms with van der Waals surface area (Å²) < 4.78 is 18.9. The number of hydrogen-bond donors (Lipinski definition) is 2. The Hall–Kier alpha value is -1.82. The number of nitrogens with one attached hydrogen (secondary N) is 2. The van der Waals surface area contributed by atoms with Gasteiger partial charge in [0, 0.05) is 18.2 Å². The predicted molar refractivity (Wildman–Crippen MR) is 68.7 cm³/mol. The molecule has 94 valence electrons. The minimum absolute atomic E-state index is 0.111. The average molecular weight is 313 g/mol. The van der Waals surface area contributed by atoms with E-state index in [4.69, 9.17) is 4.42 Å². The summed E-state index contributed by atoms with van der Waals surface area (Å²) in [6.07, 6.45) is 0. The molecule has 0 aliphatic carbocycles. The van der Waals surface area contributed by atoms with Crippen molar-refractivity contribution in [2.24, 2.45) is 0 Å². The normalized spacial score (nSPS) is 10.1. The number of hydrogen-bond acceptors (Lipinski definition) is 2. The quantitative estimate of drug-likeness (QED) is 0.911.